The van der Waals surface area contributed by atoms with Gasteiger partial charge in [0.1, 0.15) is 11.5 Å². The summed E-state index contributed by atoms with van der Waals surface area (Å²) in [6.45, 7) is 3.51. The van der Waals surface area contributed by atoms with Gasteiger partial charge in [0, 0.05) is 18.7 Å². The van der Waals surface area contributed by atoms with E-state index in [1.807, 2.05) is 36.4 Å². The Morgan fingerprint density at radius 3 is 2.57 bits per heavy atom. The second-order valence-electron chi connectivity index (χ2n) is 7.00. The number of carbonyl (C=O) groups excluding carboxylic acids is 2. The highest BCUT2D eigenvalue weighted by Gasteiger charge is 2.22. The van der Waals surface area contributed by atoms with Gasteiger partial charge in [-0.05, 0) is 50.0 Å². The Labute approximate surface area is 165 Å². The van der Waals surface area contributed by atoms with Crippen LogP contribution in [0, 0.1) is 5.92 Å². The zero-order valence-corrected chi connectivity index (χ0v) is 16.1. The highest BCUT2D eigenvalue weighted by atomic mass is 16.5. The minimum absolute atomic E-state index is 0.251. The number of methoxy groups -OCH3 is 1. The Kier molecular flexibility index (Phi) is 7.08. The van der Waals surface area contributed by atoms with Crippen molar-refractivity contribution in [3.63, 3.8) is 0 Å². The molecule has 1 aromatic heterocycles. The summed E-state index contributed by atoms with van der Waals surface area (Å²) in [5.41, 5.74) is 0.829. The van der Waals surface area contributed by atoms with Gasteiger partial charge in [0.2, 0.25) is 0 Å². The van der Waals surface area contributed by atoms with Crippen LogP contribution in [0.25, 0.3) is 0 Å². The molecule has 7 heteroatoms. The van der Waals surface area contributed by atoms with Gasteiger partial charge in [-0.25, -0.2) is 0 Å². The molecule has 0 unspecified atom stereocenters. The van der Waals surface area contributed by atoms with Gasteiger partial charge in [-0.2, -0.15) is 0 Å². The van der Waals surface area contributed by atoms with E-state index in [1.165, 1.54) is 0 Å². The van der Waals surface area contributed by atoms with Crippen molar-refractivity contribution in [2.45, 2.75) is 25.9 Å². The molecule has 2 N–H and O–H groups in total. The number of hydrogen-bond donors (Lipinski definition) is 2. The molecule has 0 atom stereocenters. The lowest BCUT2D eigenvalue weighted by Crippen LogP contribution is -2.43. The minimum atomic E-state index is -0.624. The summed E-state index contributed by atoms with van der Waals surface area (Å²) in [7, 11) is 1.58. The largest absolute Gasteiger partial charge is 0.496 e. The number of para-hydroxylation sites is 1. The van der Waals surface area contributed by atoms with Crippen LogP contribution in [0.4, 0.5) is 0 Å². The molecule has 0 saturated carbocycles. The third-order valence-corrected chi connectivity index (χ3v) is 5.06. The Morgan fingerprint density at radius 2 is 1.86 bits per heavy atom. The lowest BCUT2D eigenvalue weighted by atomic mass is 9.96. The molecular weight excluding hydrogens is 358 g/mol. The summed E-state index contributed by atoms with van der Waals surface area (Å²) < 4.78 is 10.6. The van der Waals surface area contributed by atoms with Crippen LogP contribution < -0.4 is 15.4 Å². The lowest BCUT2D eigenvalue weighted by molar-refractivity contribution is -0.139. The monoisotopic (exact) mass is 385 g/mol. The Hall–Kier alpha value is -2.80. The van der Waals surface area contributed by atoms with Crippen molar-refractivity contribution < 1.29 is 18.7 Å². The number of amides is 2. The van der Waals surface area contributed by atoms with Crippen LogP contribution >= 0.6 is 0 Å². The number of ether oxygens (including phenoxy) is 1. The van der Waals surface area contributed by atoms with E-state index in [0.29, 0.717) is 18.2 Å². The summed E-state index contributed by atoms with van der Waals surface area (Å²) >= 11 is 0. The summed E-state index contributed by atoms with van der Waals surface area (Å²) in [6.07, 6.45) is 3.67. The molecule has 1 saturated heterocycles. The third-order valence-electron chi connectivity index (χ3n) is 5.06. The molecule has 2 aromatic rings. The first-order valence-corrected chi connectivity index (χ1v) is 9.58. The first-order valence-electron chi connectivity index (χ1n) is 9.58. The minimum Gasteiger partial charge on any atom is -0.496 e. The van der Waals surface area contributed by atoms with Gasteiger partial charge in [-0.15, -0.1) is 0 Å². The van der Waals surface area contributed by atoms with Crippen molar-refractivity contribution >= 4 is 11.8 Å². The number of carbonyl (C=O) groups is 2. The average Bonchev–Trinajstić information content (AvgIpc) is 3.24. The quantitative estimate of drug-likeness (QED) is 0.712. The molecule has 1 fully saturated rings. The maximum Gasteiger partial charge on any atom is 0.309 e. The lowest BCUT2D eigenvalue weighted by Gasteiger charge is -2.31. The molecule has 2 heterocycles. The predicted octanol–water partition coefficient (Wildman–Crippen LogP) is 1.93. The molecule has 1 aliphatic rings. The maximum absolute atomic E-state index is 12.1. The Morgan fingerprint density at radius 1 is 1.11 bits per heavy atom. The number of nitrogens with one attached hydrogen (secondary N) is 2. The molecule has 7 nitrogen and oxygen atoms in total. The van der Waals surface area contributed by atoms with E-state index in [-0.39, 0.29) is 6.54 Å². The van der Waals surface area contributed by atoms with E-state index in [2.05, 4.69) is 15.5 Å². The van der Waals surface area contributed by atoms with E-state index in [0.717, 1.165) is 43.8 Å². The van der Waals surface area contributed by atoms with Crippen LogP contribution in [-0.2, 0) is 22.7 Å². The summed E-state index contributed by atoms with van der Waals surface area (Å²) in [5, 5.41) is 5.40. The van der Waals surface area contributed by atoms with Crippen molar-refractivity contribution in [3.8, 4) is 5.75 Å². The Bertz CT molecular complexity index is 768. The third kappa shape index (κ3) is 5.60. The number of furan rings is 1. The molecule has 0 spiro atoms. The number of piperidine rings is 1. The molecule has 1 aromatic carbocycles. The first kappa shape index (κ1) is 19.9. The van der Waals surface area contributed by atoms with Gasteiger partial charge in [0.25, 0.3) is 0 Å². The number of hydrogen-bond acceptors (Lipinski definition) is 5. The van der Waals surface area contributed by atoms with Gasteiger partial charge >= 0.3 is 11.8 Å². The SMILES string of the molecule is COc1ccccc1CNC(=O)C(=O)NCC1CCN(Cc2ccco2)CC1. The molecule has 0 aliphatic carbocycles. The van der Waals surface area contributed by atoms with E-state index in [4.69, 9.17) is 9.15 Å². The zero-order chi connectivity index (χ0) is 19.8. The van der Waals surface area contributed by atoms with Crippen LogP contribution in [-0.4, -0.2) is 43.5 Å². The number of likely N-dealkylation sites (tertiary alicyclic amines) is 1. The van der Waals surface area contributed by atoms with Crippen LogP contribution in [0.2, 0.25) is 0 Å². The highest BCUT2D eigenvalue weighted by Crippen LogP contribution is 2.19. The first-order chi connectivity index (χ1) is 13.7. The van der Waals surface area contributed by atoms with Gasteiger partial charge < -0.3 is 19.8 Å². The van der Waals surface area contributed by atoms with E-state index < -0.39 is 11.8 Å². The zero-order valence-electron chi connectivity index (χ0n) is 16.1. The van der Waals surface area contributed by atoms with Crippen molar-refractivity contribution in [1.82, 2.24) is 15.5 Å². The van der Waals surface area contributed by atoms with Crippen LogP contribution in [0.3, 0.4) is 0 Å². The van der Waals surface area contributed by atoms with Gasteiger partial charge in [0.05, 0.1) is 19.9 Å². The number of rotatable bonds is 7. The summed E-state index contributed by atoms with van der Waals surface area (Å²) in [4.78, 5) is 26.4. The average molecular weight is 385 g/mol. The summed E-state index contributed by atoms with van der Waals surface area (Å²) in [5.74, 6) is 0.830. The highest BCUT2D eigenvalue weighted by molar-refractivity contribution is 6.35. The second-order valence-corrected chi connectivity index (χ2v) is 7.00. The van der Waals surface area contributed by atoms with Gasteiger partial charge in [-0.1, -0.05) is 18.2 Å². The van der Waals surface area contributed by atoms with Gasteiger partial charge in [0.15, 0.2) is 0 Å². The Balaban J connectivity index is 1.35. The van der Waals surface area contributed by atoms with Crippen molar-refractivity contribution in [1.29, 1.82) is 0 Å². The van der Waals surface area contributed by atoms with Crippen molar-refractivity contribution in [2.24, 2.45) is 5.92 Å². The molecule has 3 rings (SSSR count). The fourth-order valence-electron chi connectivity index (χ4n) is 3.39. The smallest absolute Gasteiger partial charge is 0.309 e. The maximum atomic E-state index is 12.1. The molecule has 0 radical (unpaired) electrons. The standard InChI is InChI=1S/C21H27N3O4/c1-27-19-7-3-2-5-17(19)14-23-21(26)20(25)22-13-16-8-10-24(11-9-16)15-18-6-4-12-28-18/h2-7,12,16H,8-11,13-15H2,1H3,(H,22,25)(H,23,26). The van der Waals surface area contributed by atoms with E-state index in [9.17, 15) is 9.59 Å². The van der Waals surface area contributed by atoms with Gasteiger partial charge in [-0.3, -0.25) is 14.5 Å². The topological polar surface area (TPSA) is 83.8 Å². The van der Waals surface area contributed by atoms with Crippen molar-refractivity contribution in [3.05, 3.63) is 54.0 Å². The number of benzene rings is 1. The molecule has 150 valence electrons. The van der Waals surface area contributed by atoms with E-state index in [1.54, 1.807) is 13.4 Å². The molecule has 1 aliphatic heterocycles. The molecule has 0 bridgehead atoms. The normalized spacial score (nSPS) is 15.2. The van der Waals surface area contributed by atoms with Crippen LogP contribution in [0.1, 0.15) is 24.2 Å². The molecule has 28 heavy (non-hydrogen) atoms. The van der Waals surface area contributed by atoms with Crippen LogP contribution in [0.5, 0.6) is 5.75 Å². The molecular formula is C21H27N3O4. The number of nitrogens with zero attached hydrogens (tertiary/aromatic N) is 1. The summed E-state index contributed by atoms with van der Waals surface area (Å²) in [6, 6.07) is 11.3. The molecule has 2 amide bonds. The fourth-order valence-corrected chi connectivity index (χ4v) is 3.39. The predicted molar refractivity (Wildman–Crippen MR) is 105 cm³/mol. The van der Waals surface area contributed by atoms with E-state index >= 15 is 0 Å². The fraction of sp³-hybridized carbons (Fsp3) is 0.429. The van der Waals surface area contributed by atoms with Crippen molar-refractivity contribution in [2.75, 3.05) is 26.7 Å². The second kappa shape index (κ2) is 9.94. The van der Waals surface area contributed by atoms with Crippen LogP contribution in [0.15, 0.2) is 47.1 Å².